The first kappa shape index (κ1) is 16.9. The summed E-state index contributed by atoms with van der Waals surface area (Å²) >= 11 is 11.9. The first-order valence-corrected chi connectivity index (χ1v) is 8.46. The van der Waals surface area contributed by atoms with Gasteiger partial charge in [0.2, 0.25) is 0 Å². The Morgan fingerprint density at radius 3 is 1.96 bits per heavy atom. The summed E-state index contributed by atoms with van der Waals surface area (Å²) in [5, 5.41) is 4.50. The third kappa shape index (κ3) is 3.13. The van der Waals surface area contributed by atoms with Crippen LogP contribution in [0.25, 0.3) is 28.3 Å². The number of rotatable bonds is 3. The van der Waals surface area contributed by atoms with Gasteiger partial charge in [-0.2, -0.15) is 9.61 Å². The number of hydrogen-bond donors (Lipinski definition) is 0. The van der Waals surface area contributed by atoms with Crippen LogP contribution in [0.5, 0.6) is 0 Å². The smallest absolute Gasteiger partial charge is 0.167 e. The quantitative estimate of drug-likeness (QED) is 0.450. The Balaban J connectivity index is 1.94. The lowest BCUT2D eigenvalue weighted by Gasteiger charge is -2.07. The van der Waals surface area contributed by atoms with Gasteiger partial charge in [-0.1, -0.05) is 23.2 Å². The Labute approximate surface area is 157 Å². The number of nitrogens with zero attached hydrogens (tertiary/aromatic N) is 4. The molecule has 4 aromatic rings. The molecule has 0 amide bonds. The second kappa shape index (κ2) is 6.63. The molecular weight excluding hydrogens is 381 g/mol. The third-order valence-corrected chi connectivity index (χ3v) is 4.17. The molecule has 4 rings (SSSR count). The monoisotopic (exact) mass is 390 g/mol. The van der Waals surface area contributed by atoms with E-state index in [0.29, 0.717) is 22.7 Å². The average molecular weight is 391 g/mol. The second-order valence-electron chi connectivity index (χ2n) is 5.52. The summed E-state index contributed by atoms with van der Waals surface area (Å²) in [5.74, 6) is -0.0617. The highest BCUT2D eigenvalue weighted by Gasteiger charge is 2.17. The van der Waals surface area contributed by atoms with Gasteiger partial charge in [-0.15, -0.1) is 0 Å². The van der Waals surface area contributed by atoms with Crippen LogP contribution in [0.1, 0.15) is 10.7 Å². The zero-order chi connectivity index (χ0) is 18.3. The minimum absolute atomic E-state index is 0.214. The molecule has 130 valence electrons. The van der Waals surface area contributed by atoms with E-state index in [1.165, 1.54) is 28.8 Å². The molecule has 0 spiro atoms. The lowest BCUT2D eigenvalue weighted by atomic mass is 10.1. The molecule has 4 nitrogen and oxygen atoms in total. The Morgan fingerprint density at radius 1 is 0.808 bits per heavy atom. The fourth-order valence-corrected chi connectivity index (χ4v) is 2.75. The van der Waals surface area contributed by atoms with Gasteiger partial charge in [0.05, 0.1) is 5.69 Å². The summed E-state index contributed by atoms with van der Waals surface area (Å²) in [7, 11) is 0. The van der Waals surface area contributed by atoms with Crippen LogP contribution >= 0.6 is 23.2 Å². The molecule has 0 radical (unpaired) electrons. The molecule has 0 bridgehead atoms. The molecule has 0 saturated heterocycles. The van der Waals surface area contributed by atoms with Crippen LogP contribution < -0.4 is 0 Å². The molecule has 0 atom stereocenters. The fraction of sp³-hybridized carbons (Fsp3) is 0.0556. The number of benzene rings is 2. The van der Waals surface area contributed by atoms with Gasteiger partial charge in [-0.05, 0) is 48.5 Å². The third-order valence-electron chi connectivity index (χ3n) is 3.78. The van der Waals surface area contributed by atoms with Crippen molar-refractivity contribution in [1.82, 2.24) is 19.6 Å². The SMILES string of the molecule is Fc1ccc(-c2cc3nc(C(Cl)Cl)nc(-c4ccc(F)cc4)n3n2)cc1. The van der Waals surface area contributed by atoms with Crippen molar-refractivity contribution in [3.05, 3.63) is 72.1 Å². The van der Waals surface area contributed by atoms with Gasteiger partial charge in [-0.25, -0.2) is 18.7 Å². The fourth-order valence-electron chi connectivity index (χ4n) is 2.55. The molecular formula is C18H10Cl2F2N4. The van der Waals surface area contributed by atoms with Gasteiger partial charge in [0, 0.05) is 17.2 Å². The van der Waals surface area contributed by atoms with Gasteiger partial charge in [-0.3, -0.25) is 0 Å². The van der Waals surface area contributed by atoms with E-state index in [4.69, 9.17) is 23.2 Å². The Hall–Kier alpha value is -2.57. The van der Waals surface area contributed by atoms with Gasteiger partial charge >= 0.3 is 0 Å². The molecule has 0 aliphatic carbocycles. The second-order valence-corrected chi connectivity index (χ2v) is 6.62. The molecule has 0 unspecified atom stereocenters. The van der Waals surface area contributed by atoms with E-state index in [1.807, 2.05) is 0 Å². The largest absolute Gasteiger partial charge is 0.211 e. The number of halogens is 4. The van der Waals surface area contributed by atoms with Crippen molar-refractivity contribution in [3.8, 4) is 22.6 Å². The predicted octanol–water partition coefficient (Wildman–Crippen LogP) is 5.21. The van der Waals surface area contributed by atoms with Crippen LogP contribution in [0.15, 0.2) is 54.6 Å². The van der Waals surface area contributed by atoms with E-state index < -0.39 is 4.84 Å². The molecule has 2 heterocycles. The van der Waals surface area contributed by atoms with Crippen LogP contribution in [0.4, 0.5) is 8.78 Å². The molecule has 2 aromatic heterocycles. The summed E-state index contributed by atoms with van der Waals surface area (Å²) in [6.07, 6.45) is 0. The van der Waals surface area contributed by atoms with Crippen LogP contribution in [-0.4, -0.2) is 19.6 Å². The van der Waals surface area contributed by atoms with Crippen molar-refractivity contribution in [2.24, 2.45) is 0 Å². The molecule has 0 N–H and O–H groups in total. The Morgan fingerprint density at radius 2 is 1.38 bits per heavy atom. The minimum atomic E-state index is -0.927. The van der Waals surface area contributed by atoms with Gasteiger partial charge in [0.1, 0.15) is 11.6 Å². The van der Waals surface area contributed by atoms with Crippen molar-refractivity contribution in [3.63, 3.8) is 0 Å². The summed E-state index contributed by atoms with van der Waals surface area (Å²) in [4.78, 5) is 7.76. The van der Waals surface area contributed by atoms with E-state index in [9.17, 15) is 8.78 Å². The summed E-state index contributed by atoms with van der Waals surface area (Å²) in [6, 6.07) is 13.5. The van der Waals surface area contributed by atoms with Crippen LogP contribution in [0, 0.1) is 11.6 Å². The molecule has 0 saturated carbocycles. The summed E-state index contributed by atoms with van der Waals surface area (Å²) < 4.78 is 27.9. The van der Waals surface area contributed by atoms with E-state index in [-0.39, 0.29) is 17.5 Å². The molecule has 0 aliphatic heterocycles. The zero-order valence-corrected chi connectivity index (χ0v) is 14.6. The molecule has 8 heteroatoms. The van der Waals surface area contributed by atoms with E-state index in [1.54, 1.807) is 30.3 Å². The Bertz CT molecular complexity index is 1080. The van der Waals surface area contributed by atoms with E-state index >= 15 is 0 Å². The van der Waals surface area contributed by atoms with Crippen LogP contribution in [0.2, 0.25) is 0 Å². The first-order chi connectivity index (χ1) is 12.5. The summed E-state index contributed by atoms with van der Waals surface area (Å²) in [6.45, 7) is 0. The number of alkyl halides is 2. The minimum Gasteiger partial charge on any atom is -0.211 e. The molecule has 26 heavy (non-hydrogen) atoms. The van der Waals surface area contributed by atoms with Crippen LogP contribution in [0.3, 0.4) is 0 Å². The van der Waals surface area contributed by atoms with Crippen molar-refractivity contribution in [2.75, 3.05) is 0 Å². The van der Waals surface area contributed by atoms with Crippen molar-refractivity contribution < 1.29 is 8.78 Å². The van der Waals surface area contributed by atoms with E-state index in [2.05, 4.69) is 15.1 Å². The van der Waals surface area contributed by atoms with Crippen molar-refractivity contribution >= 4 is 28.8 Å². The maximum Gasteiger partial charge on any atom is 0.167 e. The molecule has 0 fully saturated rings. The van der Waals surface area contributed by atoms with Gasteiger partial charge in [0.15, 0.2) is 22.1 Å². The van der Waals surface area contributed by atoms with Crippen molar-refractivity contribution in [2.45, 2.75) is 4.84 Å². The topological polar surface area (TPSA) is 43.1 Å². The van der Waals surface area contributed by atoms with Crippen molar-refractivity contribution in [1.29, 1.82) is 0 Å². The molecule has 0 aliphatic rings. The number of hydrogen-bond acceptors (Lipinski definition) is 3. The number of aromatic nitrogens is 4. The highest BCUT2D eigenvalue weighted by atomic mass is 35.5. The van der Waals surface area contributed by atoms with Gasteiger partial charge < -0.3 is 0 Å². The van der Waals surface area contributed by atoms with Crippen LogP contribution in [-0.2, 0) is 0 Å². The lowest BCUT2D eigenvalue weighted by molar-refractivity contribution is 0.627. The predicted molar refractivity (Wildman–Crippen MR) is 96.0 cm³/mol. The maximum atomic E-state index is 13.3. The van der Waals surface area contributed by atoms with E-state index in [0.717, 1.165) is 5.56 Å². The first-order valence-electron chi connectivity index (χ1n) is 7.59. The average Bonchev–Trinajstić information content (AvgIpc) is 3.06. The normalized spacial score (nSPS) is 11.4. The zero-order valence-electron chi connectivity index (χ0n) is 13.1. The Kier molecular flexibility index (Phi) is 4.30. The highest BCUT2D eigenvalue weighted by Crippen LogP contribution is 2.28. The standard InChI is InChI=1S/C18H10Cl2F2N4/c19-16(20)17-23-15-9-14(10-1-5-12(21)6-2-10)25-26(15)18(24-17)11-3-7-13(22)8-4-11/h1-9,16H. The number of fused-ring (bicyclic) bond motifs is 1. The van der Waals surface area contributed by atoms with Gasteiger partial charge in [0.25, 0.3) is 0 Å². The highest BCUT2D eigenvalue weighted by molar-refractivity contribution is 6.43. The lowest BCUT2D eigenvalue weighted by Crippen LogP contribution is -2.05. The summed E-state index contributed by atoms with van der Waals surface area (Å²) in [5.41, 5.74) is 2.40. The maximum absolute atomic E-state index is 13.3. The molecule has 2 aromatic carbocycles.